The molecule has 0 unspecified atom stereocenters. The minimum atomic E-state index is 0.656. The van der Waals surface area contributed by atoms with Crippen LogP contribution in [0.5, 0.6) is 0 Å². The van der Waals surface area contributed by atoms with Crippen molar-refractivity contribution in [1.82, 2.24) is 14.5 Å². The Kier molecular flexibility index (Phi) is 3.43. The van der Waals surface area contributed by atoms with Crippen molar-refractivity contribution in [2.24, 2.45) is 5.84 Å². The highest BCUT2D eigenvalue weighted by Crippen LogP contribution is 2.18. The van der Waals surface area contributed by atoms with Gasteiger partial charge in [-0.05, 0) is 17.7 Å². The van der Waals surface area contributed by atoms with Crippen molar-refractivity contribution >= 4 is 5.82 Å². The monoisotopic (exact) mass is 265 g/mol. The number of pyridine rings is 1. The van der Waals surface area contributed by atoms with Crippen LogP contribution < -0.4 is 11.3 Å². The predicted molar refractivity (Wildman–Crippen MR) is 78.8 cm³/mol. The van der Waals surface area contributed by atoms with Crippen LogP contribution in [-0.2, 0) is 6.54 Å². The Morgan fingerprint density at radius 3 is 2.70 bits per heavy atom. The molecule has 20 heavy (non-hydrogen) atoms. The largest absolute Gasteiger partial charge is 0.327 e. The molecule has 100 valence electrons. The molecule has 0 aliphatic carbocycles. The Labute approximate surface area is 117 Å². The average molecular weight is 265 g/mol. The number of hydrogen-bond donors (Lipinski definition) is 2. The molecule has 2 aromatic heterocycles. The lowest BCUT2D eigenvalue weighted by Gasteiger charge is -2.09. The summed E-state index contributed by atoms with van der Waals surface area (Å²) < 4.78 is 2.10. The third kappa shape index (κ3) is 2.53. The van der Waals surface area contributed by atoms with Gasteiger partial charge in [0.2, 0.25) is 0 Å². The molecule has 0 radical (unpaired) electrons. The second kappa shape index (κ2) is 5.54. The maximum Gasteiger partial charge on any atom is 0.140 e. The topological polar surface area (TPSA) is 68.8 Å². The summed E-state index contributed by atoms with van der Waals surface area (Å²) in [5.74, 6) is 6.99. The molecular weight excluding hydrogens is 250 g/mol. The van der Waals surface area contributed by atoms with Gasteiger partial charge in [0, 0.05) is 30.7 Å². The predicted octanol–water partition coefficient (Wildman–Crippen LogP) is 2.28. The van der Waals surface area contributed by atoms with E-state index < -0.39 is 0 Å². The van der Waals surface area contributed by atoms with Gasteiger partial charge in [-0.1, -0.05) is 30.3 Å². The van der Waals surface area contributed by atoms with Gasteiger partial charge in [0.25, 0.3) is 0 Å². The van der Waals surface area contributed by atoms with Crippen molar-refractivity contribution in [3.63, 3.8) is 0 Å². The summed E-state index contributed by atoms with van der Waals surface area (Å²) in [5.41, 5.74) is 4.77. The third-order valence-electron chi connectivity index (χ3n) is 3.07. The molecule has 0 saturated carbocycles. The molecule has 0 amide bonds. The first-order valence-corrected chi connectivity index (χ1v) is 6.35. The van der Waals surface area contributed by atoms with Crippen molar-refractivity contribution in [1.29, 1.82) is 0 Å². The number of nitrogens with zero attached hydrogens (tertiary/aromatic N) is 3. The third-order valence-corrected chi connectivity index (χ3v) is 3.07. The van der Waals surface area contributed by atoms with Crippen LogP contribution in [0.1, 0.15) is 5.56 Å². The minimum Gasteiger partial charge on any atom is -0.327 e. The molecule has 1 aromatic carbocycles. The summed E-state index contributed by atoms with van der Waals surface area (Å²) in [4.78, 5) is 8.54. The summed E-state index contributed by atoms with van der Waals surface area (Å²) in [6.07, 6.45) is 5.52. The summed E-state index contributed by atoms with van der Waals surface area (Å²) in [5, 5.41) is 0. The van der Waals surface area contributed by atoms with Crippen molar-refractivity contribution in [3.8, 4) is 11.4 Å². The lowest BCUT2D eigenvalue weighted by atomic mass is 10.2. The molecule has 0 fully saturated rings. The molecule has 0 spiro atoms. The Morgan fingerprint density at radius 1 is 1.05 bits per heavy atom. The lowest BCUT2D eigenvalue weighted by molar-refractivity contribution is 0.805. The molecule has 0 saturated heterocycles. The Hall–Kier alpha value is -2.66. The van der Waals surface area contributed by atoms with Crippen LogP contribution in [0, 0.1) is 0 Å². The van der Waals surface area contributed by atoms with E-state index in [1.165, 1.54) is 0 Å². The standard InChI is InChI=1S/C15H15N5/c16-19-14-10-12(6-7-17-14)11-20-9-8-18-15(20)13-4-2-1-3-5-13/h1-10H,11,16H2,(H,17,19). The van der Waals surface area contributed by atoms with Gasteiger partial charge in [-0.2, -0.15) is 0 Å². The maximum absolute atomic E-state index is 5.38. The van der Waals surface area contributed by atoms with Gasteiger partial charge in [0.05, 0.1) is 0 Å². The van der Waals surface area contributed by atoms with Gasteiger partial charge in [-0.3, -0.25) is 0 Å². The van der Waals surface area contributed by atoms with Gasteiger partial charge in [-0.15, -0.1) is 0 Å². The number of nitrogens with two attached hydrogens (primary N) is 1. The van der Waals surface area contributed by atoms with Gasteiger partial charge in [-0.25, -0.2) is 15.8 Å². The summed E-state index contributed by atoms with van der Waals surface area (Å²) in [6.45, 7) is 0.724. The van der Waals surface area contributed by atoms with E-state index >= 15 is 0 Å². The fourth-order valence-corrected chi connectivity index (χ4v) is 2.13. The van der Waals surface area contributed by atoms with E-state index in [0.717, 1.165) is 23.5 Å². The SMILES string of the molecule is NNc1cc(Cn2ccnc2-c2ccccc2)ccn1. The highest BCUT2D eigenvalue weighted by Gasteiger charge is 2.06. The Morgan fingerprint density at radius 2 is 1.90 bits per heavy atom. The van der Waals surface area contributed by atoms with E-state index in [1.54, 1.807) is 6.20 Å². The molecule has 3 rings (SSSR count). The number of aromatic nitrogens is 3. The maximum atomic E-state index is 5.38. The first-order chi connectivity index (χ1) is 9.86. The zero-order chi connectivity index (χ0) is 13.8. The van der Waals surface area contributed by atoms with Crippen LogP contribution in [0.2, 0.25) is 0 Å². The normalized spacial score (nSPS) is 10.4. The average Bonchev–Trinajstić information content (AvgIpc) is 2.96. The molecule has 3 N–H and O–H groups in total. The van der Waals surface area contributed by atoms with E-state index in [2.05, 4.69) is 32.1 Å². The van der Waals surface area contributed by atoms with Crippen LogP contribution in [0.3, 0.4) is 0 Å². The van der Waals surface area contributed by atoms with Crippen LogP contribution in [0.15, 0.2) is 61.1 Å². The van der Waals surface area contributed by atoms with E-state index in [-0.39, 0.29) is 0 Å². The molecule has 3 aromatic rings. The summed E-state index contributed by atoms with van der Waals surface area (Å²) in [6, 6.07) is 14.0. The molecule has 0 bridgehead atoms. The van der Waals surface area contributed by atoms with Gasteiger partial charge < -0.3 is 9.99 Å². The van der Waals surface area contributed by atoms with E-state index in [0.29, 0.717) is 5.82 Å². The van der Waals surface area contributed by atoms with Crippen LogP contribution in [-0.4, -0.2) is 14.5 Å². The van der Waals surface area contributed by atoms with Crippen LogP contribution >= 0.6 is 0 Å². The van der Waals surface area contributed by atoms with E-state index in [9.17, 15) is 0 Å². The fourth-order valence-electron chi connectivity index (χ4n) is 2.13. The van der Waals surface area contributed by atoms with Crippen molar-refractivity contribution in [2.75, 3.05) is 5.43 Å². The highest BCUT2D eigenvalue weighted by molar-refractivity contribution is 5.55. The van der Waals surface area contributed by atoms with Gasteiger partial charge in [0.1, 0.15) is 11.6 Å². The molecule has 0 aliphatic heterocycles. The molecular formula is C15H15N5. The van der Waals surface area contributed by atoms with Crippen molar-refractivity contribution < 1.29 is 0 Å². The number of hydrogen-bond acceptors (Lipinski definition) is 4. The molecule has 5 heteroatoms. The van der Waals surface area contributed by atoms with Gasteiger partial charge >= 0.3 is 0 Å². The number of nitrogens with one attached hydrogen (secondary N) is 1. The lowest BCUT2D eigenvalue weighted by Crippen LogP contribution is -2.09. The quantitative estimate of drug-likeness (QED) is 0.561. The number of hydrazine groups is 1. The molecule has 0 aliphatic rings. The van der Waals surface area contributed by atoms with Crippen molar-refractivity contribution in [2.45, 2.75) is 6.54 Å². The first kappa shape index (κ1) is 12.4. The molecule has 2 heterocycles. The second-order valence-corrected chi connectivity index (χ2v) is 4.44. The number of benzene rings is 1. The van der Waals surface area contributed by atoms with Crippen LogP contribution in [0.25, 0.3) is 11.4 Å². The fraction of sp³-hybridized carbons (Fsp3) is 0.0667. The van der Waals surface area contributed by atoms with Gasteiger partial charge in [0.15, 0.2) is 0 Å². The number of anilines is 1. The summed E-state index contributed by atoms with van der Waals surface area (Å²) >= 11 is 0. The summed E-state index contributed by atoms with van der Waals surface area (Å²) in [7, 11) is 0. The highest BCUT2D eigenvalue weighted by atomic mass is 15.2. The van der Waals surface area contributed by atoms with Crippen molar-refractivity contribution in [3.05, 3.63) is 66.6 Å². The molecule has 0 atom stereocenters. The van der Waals surface area contributed by atoms with E-state index in [1.807, 2.05) is 42.7 Å². The minimum absolute atomic E-state index is 0.656. The Balaban J connectivity index is 1.90. The first-order valence-electron chi connectivity index (χ1n) is 6.35. The van der Waals surface area contributed by atoms with E-state index in [4.69, 9.17) is 5.84 Å². The zero-order valence-corrected chi connectivity index (χ0v) is 10.9. The number of rotatable bonds is 4. The van der Waals surface area contributed by atoms with Crippen LogP contribution in [0.4, 0.5) is 5.82 Å². The Bertz CT molecular complexity index is 690. The smallest absolute Gasteiger partial charge is 0.140 e. The molecule has 5 nitrogen and oxygen atoms in total. The zero-order valence-electron chi connectivity index (χ0n) is 10.9. The number of imidazole rings is 1. The second-order valence-electron chi connectivity index (χ2n) is 4.44. The number of nitrogen functional groups attached to an aromatic ring is 1.